The minimum absolute atomic E-state index is 0.0210. The Kier molecular flexibility index (Phi) is 22.1. The van der Waals surface area contributed by atoms with Gasteiger partial charge in [0.05, 0.1) is 70.7 Å². The second-order valence-corrected chi connectivity index (χ2v) is 16.7. The second kappa shape index (κ2) is 26.8. The molecule has 0 radical (unpaired) electrons. The molecule has 0 saturated carbocycles. The summed E-state index contributed by atoms with van der Waals surface area (Å²) in [5.74, 6) is -4.80. The van der Waals surface area contributed by atoms with Gasteiger partial charge in [-0.1, -0.05) is 46.9 Å². The van der Waals surface area contributed by atoms with E-state index in [0.29, 0.717) is 41.9 Å². The lowest BCUT2D eigenvalue weighted by Crippen LogP contribution is -2.06. The molecule has 68 heavy (non-hydrogen) atoms. The summed E-state index contributed by atoms with van der Waals surface area (Å²) >= 11 is 27.0. The summed E-state index contributed by atoms with van der Waals surface area (Å²) in [6.45, 7) is 13.9. The number of halogens is 10. The van der Waals surface area contributed by atoms with Crippen LogP contribution < -0.4 is 9.47 Å². The van der Waals surface area contributed by atoms with Crippen LogP contribution >= 0.6 is 82.6 Å². The number of phenolic OH excluding ortho intramolecular Hbond substituents is 1. The SMILES string of the molecule is N#Cc1ccc(F)c(Br)c1.O=C(O)Cc1cc(Cl)c(O)cc1F.[C-]#[N+]c1ccc(Oc2cc(F)c(CC(=O)O)cc2Cl)c(Br)c1.[C-]#[N+]c1ccc(Oc2cc(F)c(CC(=O)OC)cc2Cl)c(Br)c1. The van der Waals surface area contributed by atoms with Crippen LogP contribution in [-0.4, -0.2) is 40.3 Å². The predicted octanol–water partition coefficient (Wildman–Crippen LogP) is 14.8. The number of hydrogen-bond acceptors (Lipinski definition) is 8. The highest BCUT2D eigenvalue weighted by molar-refractivity contribution is 9.11. The van der Waals surface area contributed by atoms with Gasteiger partial charge in [-0.15, -0.1) is 0 Å². The van der Waals surface area contributed by atoms with Crippen molar-refractivity contribution in [3.8, 4) is 34.8 Å². The maximum atomic E-state index is 14.1. The Morgan fingerprint density at radius 2 is 1.03 bits per heavy atom. The van der Waals surface area contributed by atoms with Crippen LogP contribution in [0.3, 0.4) is 0 Å². The van der Waals surface area contributed by atoms with Gasteiger partial charge in [-0.2, -0.15) is 5.26 Å². The van der Waals surface area contributed by atoms with E-state index in [4.69, 9.17) is 78.0 Å². The van der Waals surface area contributed by atoms with Crippen LogP contribution in [0.5, 0.6) is 28.7 Å². The van der Waals surface area contributed by atoms with Crippen LogP contribution in [0.2, 0.25) is 15.1 Å². The molecular formula is C46H27Br3Cl3F4N3O9. The van der Waals surface area contributed by atoms with E-state index in [9.17, 15) is 31.9 Å². The Morgan fingerprint density at radius 3 is 1.41 bits per heavy atom. The van der Waals surface area contributed by atoms with Gasteiger partial charge < -0.3 is 29.5 Å². The number of carbonyl (C=O) groups is 3. The Morgan fingerprint density at radius 1 is 0.603 bits per heavy atom. The molecule has 3 N–H and O–H groups in total. The van der Waals surface area contributed by atoms with Gasteiger partial charge in [0.2, 0.25) is 0 Å². The number of ether oxygens (including phenoxy) is 3. The molecule has 0 amide bonds. The zero-order valence-corrected chi connectivity index (χ0v) is 41.2. The average molecular weight is 1190 g/mol. The van der Waals surface area contributed by atoms with E-state index in [0.717, 1.165) is 24.3 Å². The Labute approximate surface area is 424 Å². The summed E-state index contributed by atoms with van der Waals surface area (Å²) in [6.07, 6.45) is -1.13. The summed E-state index contributed by atoms with van der Waals surface area (Å²) < 4.78 is 70.3. The summed E-state index contributed by atoms with van der Waals surface area (Å²) in [5.41, 5.74) is 1.37. The lowest BCUT2D eigenvalue weighted by atomic mass is 10.1. The van der Waals surface area contributed by atoms with Crippen molar-refractivity contribution in [2.45, 2.75) is 19.3 Å². The van der Waals surface area contributed by atoms with Crippen LogP contribution in [0, 0.1) is 47.7 Å². The molecule has 6 aromatic rings. The van der Waals surface area contributed by atoms with Crippen LogP contribution in [0.4, 0.5) is 28.9 Å². The normalized spacial score (nSPS) is 9.88. The zero-order valence-electron chi connectivity index (χ0n) is 34.2. The number of carbonyl (C=O) groups excluding carboxylic acids is 1. The summed E-state index contributed by atoms with van der Waals surface area (Å²) in [6, 6.07) is 22.0. The number of aliphatic carboxylic acids is 2. The fraction of sp³-hybridized carbons (Fsp3) is 0.0870. The third kappa shape index (κ3) is 17.4. The summed E-state index contributed by atoms with van der Waals surface area (Å²) in [5, 5.41) is 34.6. The van der Waals surface area contributed by atoms with Gasteiger partial charge in [0, 0.05) is 43.8 Å². The number of hydrogen-bond donors (Lipinski definition) is 3. The lowest BCUT2D eigenvalue weighted by Gasteiger charge is -2.11. The first-order valence-corrected chi connectivity index (χ1v) is 21.8. The van der Waals surface area contributed by atoms with Crippen LogP contribution in [0.25, 0.3) is 9.69 Å². The molecule has 12 nitrogen and oxygen atoms in total. The number of phenols is 1. The number of benzene rings is 6. The van der Waals surface area contributed by atoms with E-state index in [1.807, 2.05) is 6.07 Å². The molecule has 0 aliphatic heterocycles. The van der Waals surface area contributed by atoms with Crippen molar-refractivity contribution in [2.24, 2.45) is 0 Å². The van der Waals surface area contributed by atoms with Crippen molar-refractivity contribution < 1.29 is 61.5 Å². The number of nitrogens with zero attached hydrogens (tertiary/aromatic N) is 3. The topological polar surface area (TPSA) is 172 Å². The fourth-order valence-corrected chi connectivity index (χ4v) is 6.83. The van der Waals surface area contributed by atoms with Crippen molar-refractivity contribution >= 4 is 112 Å². The van der Waals surface area contributed by atoms with Gasteiger partial charge in [-0.05, 0) is 108 Å². The second-order valence-electron chi connectivity index (χ2n) is 12.9. The molecule has 0 unspecified atom stereocenters. The molecule has 0 aliphatic rings. The first-order valence-electron chi connectivity index (χ1n) is 18.3. The quantitative estimate of drug-likeness (QED) is 0.0681. The largest absolute Gasteiger partial charge is 0.506 e. The summed E-state index contributed by atoms with van der Waals surface area (Å²) in [4.78, 5) is 38.7. The zero-order chi connectivity index (χ0) is 50.8. The maximum absolute atomic E-state index is 14.1. The standard InChI is InChI=1S/C16H10BrClFNO3.C15H8BrClFNO3.C8H6ClFO3.C7H3BrFN/c1-20-10-3-4-14(11(17)7-10)23-15-8-13(19)9(5-12(15)18)6-16(21)22-2;1-19-9-2-3-13(10(16)6-9)22-14-7-12(18)8(4-11(14)17)5-15(20)21;9-5-1-4(2-8(12)13)6(10)3-7(5)11;8-6-3-5(4-10)1-2-7(6)9/h3-5,7-8H,6H2,2H3;2-4,6-7H,5H2,(H,20,21);1,3,11H,2H2,(H,12,13);1-3H. The third-order valence-corrected chi connectivity index (χ3v) is 10.9. The van der Waals surface area contributed by atoms with E-state index in [1.54, 1.807) is 36.4 Å². The molecule has 0 atom stereocenters. The van der Waals surface area contributed by atoms with Gasteiger partial charge in [0.25, 0.3) is 0 Å². The Hall–Kier alpha value is -6.37. The number of methoxy groups -OCH3 is 1. The molecule has 0 aromatic heterocycles. The Balaban J connectivity index is 0.000000252. The number of esters is 1. The molecule has 0 fully saturated rings. The number of carboxylic acid groups (broad SMARTS) is 2. The van der Waals surface area contributed by atoms with E-state index >= 15 is 0 Å². The molecule has 22 heteroatoms. The molecule has 0 saturated heterocycles. The predicted molar refractivity (Wildman–Crippen MR) is 254 cm³/mol. The smallest absolute Gasteiger partial charge is 0.310 e. The minimum Gasteiger partial charge on any atom is -0.506 e. The van der Waals surface area contributed by atoms with Crippen LogP contribution in [0.15, 0.2) is 104 Å². The van der Waals surface area contributed by atoms with Gasteiger partial charge in [-0.3, -0.25) is 14.4 Å². The molecular weight excluding hydrogens is 1160 g/mol. The first-order chi connectivity index (χ1) is 32.1. The highest BCUT2D eigenvalue weighted by Crippen LogP contribution is 2.39. The van der Waals surface area contributed by atoms with Gasteiger partial charge >= 0.3 is 17.9 Å². The van der Waals surface area contributed by atoms with Gasteiger partial charge in [0.1, 0.15) is 52.0 Å². The van der Waals surface area contributed by atoms with E-state index in [1.165, 1.54) is 37.4 Å². The van der Waals surface area contributed by atoms with E-state index < -0.39 is 54.0 Å². The van der Waals surface area contributed by atoms with Crippen LogP contribution in [-0.2, 0) is 38.4 Å². The maximum Gasteiger partial charge on any atom is 0.310 e. The highest BCUT2D eigenvalue weighted by Gasteiger charge is 2.17. The molecule has 0 aliphatic carbocycles. The van der Waals surface area contributed by atoms with Crippen molar-refractivity contribution in [3.05, 3.63) is 188 Å². The van der Waals surface area contributed by atoms with Crippen molar-refractivity contribution in [3.63, 3.8) is 0 Å². The van der Waals surface area contributed by atoms with Gasteiger partial charge in [-0.25, -0.2) is 27.3 Å². The minimum atomic E-state index is -1.15. The van der Waals surface area contributed by atoms with Crippen molar-refractivity contribution in [1.82, 2.24) is 0 Å². The Bertz CT molecular complexity index is 3000. The van der Waals surface area contributed by atoms with Crippen molar-refractivity contribution in [2.75, 3.05) is 7.11 Å². The third-order valence-electron chi connectivity index (χ3n) is 8.14. The van der Waals surface area contributed by atoms with E-state index in [2.05, 4.69) is 62.2 Å². The average Bonchev–Trinajstić information content (AvgIpc) is 3.28. The van der Waals surface area contributed by atoms with Crippen molar-refractivity contribution in [1.29, 1.82) is 5.26 Å². The number of rotatable bonds is 10. The molecule has 0 spiro atoms. The van der Waals surface area contributed by atoms with Gasteiger partial charge in [0.15, 0.2) is 11.4 Å². The molecule has 6 rings (SSSR count). The van der Waals surface area contributed by atoms with Crippen LogP contribution in [0.1, 0.15) is 22.3 Å². The van der Waals surface area contributed by atoms with E-state index in [-0.39, 0.29) is 55.5 Å². The fourth-order valence-electron chi connectivity index (χ4n) is 4.92. The molecule has 350 valence electrons. The highest BCUT2D eigenvalue weighted by atomic mass is 79.9. The molecule has 0 bridgehead atoms. The summed E-state index contributed by atoms with van der Waals surface area (Å²) in [7, 11) is 1.23. The first kappa shape index (κ1) is 56.0. The molecule has 6 aromatic carbocycles. The number of carboxylic acids is 2. The number of aromatic hydroxyl groups is 1. The molecule has 0 heterocycles. The lowest BCUT2D eigenvalue weighted by molar-refractivity contribution is -0.140. The monoisotopic (exact) mass is 1180 g/mol. The number of nitriles is 1.